The molecule has 1 rings (SSSR count). The molecule has 8 heteroatoms. The maximum absolute atomic E-state index is 12.9. The van der Waals surface area contributed by atoms with Crippen molar-refractivity contribution in [3.8, 4) is 0 Å². The van der Waals surface area contributed by atoms with E-state index in [1.165, 1.54) is 6.42 Å². The van der Waals surface area contributed by atoms with E-state index in [0.29, 0.717) is 44.1 Å². The van der Waals surface area contributed by atoms with Gasteiger partial charge < -0.3 is 26.8 Å². The van der Waals surface area contributed by atoms with Crippen LogP contribution in [0.25, 0.3) is 0 Å². The SMILES string of the molecule is CC(C)CC(C)NC(=O)[C@@H](CC1CCCCC1)NC(=O)N[C@@H](CCCCN)C(=O)O. The van der Waals surface area contributed by atoms with E-state index in [4.69, 9.17) is 5.73 Å². The van der Waals surface area contributed by atoms with Gasteiger partial charge in [0, 0.05) is 6.04 Å². The van der Waals surface area contributed by atoms with Crippen LogP contribution in [0.2, 0.25) is 0 Å². The molecule has 3 amide bonds. The molecule has 0 aliphatic heterocycles. The van der Waals surface area contributed by atoms with Crippen molar-refractivity contribution in [3.63, 3.8) is 0 Å². The standard InChI is InChI=1S/C22H42N4O4/c1-15(2)13-16(3)24-20(27)19(14-17-9-5-4-6-10-17)26-22(30)25-18(21(28)29)11-7-8-12-23/h15-19H,4-14,23H2,1-3H3,(H,24,27)(H,28,29)(H2,25,26,30)/t16?,18-,19+/m0/s1. The third kappa shape index (κ3) is 10.8. The van der Waals surface area contributed by atoms with Crippen molar-refractivity contribution in [2.75, 3.05) is 6.54 Å². The zero-order valence-electron chi connectivity index (χ0n) is 18.9. The average Bonchev–Trinajstić information content (AvgIpc) is 2.66. The molecule has 1 saturated carbocycles. The molecule has 30 heavy (non-hydrogen) atoms. The lowest BCUT2D eigenvalue weighted by molar-refractivity contribution is -0.139. The van der Waals surface area contributed by atoms with Gasteiger partial charge in [0.1, 0.15) is 12.1 Å². The number of carboxylic acids is 1. The van der Waals surface area contributed by atoms with Gasteiger partial charge in [0.25, 0.3) is 0 Å². The maximum atomic E-state index is 12.9. The number of carbonyl (C=O) groups is 3. The van der Waals surface area contributed by atoms with Crippen LogP contribution >= 0.6 is 0 Å². The summed E-state index contributed by atoms with van der Waals surface area (Å²) in [4.78, 5) is 36.9. The Kier molecular flexibility index (Phi) is 12.4. The van der Waals surface area contributed by atoms with Gasteiger partial charge in [0.15, 0.2) is 0 Å². The van der Waals surface area contributed by atoms with Crippen molar-refractivity contribution >= 4 is 17.9 Å². The van der Waals surface area contributed by atoms with Crippen molar-refractivity contribution in [3.05, 3.63) is 0 Å². The maximum Gasteiger partial charge on any atom is 0.326 e. The lowest BCUT2D eigenvalue weighted by Gasteiger charge is -2.28. The van der Waals surface area contributed by atoms with Crippen molar-refractivity contribution in [1.29, 1.82) is 0 Å². The van der Waals surface area contributed by atoms with Crippen LogP contribution in [0, 0.1) is 11.8 Å². The Morgan fingerprint density at radius 1 is 0.967 bits per heavy atom. The molecule has 0 saturated heterocycles. The molecule has 8 nitrogen and oxygen atoms in total. The smallest absolute Gasteiger partial charge is 0.326 e. The average molecular weight is 427 g/mol. The van der Waals surface area contributed by atoms with Gasteiger partial charge in [-0.25, -0.2) is 9.59 Å². The highest BCUT2D eigenvalue weighted by Gasteiger charge is 2.28. The Hall–Kier alpha value is -1.83. The van der Waals surface area contributed by atoms with Crippen LogP contribution in [0.3, 0.4) is 0 Å². The highest BCUT2D eigenvalue weighted by molar-refractivity contribution is 5.88. The second-order valence-corrected chi connectivity index (χ2v) is 9.12. The van der Waals surface area contributed by atoms with Gasteiger partial charge in [-0.15, -0.1) is 0 Å². The first-order chi connectivity index (χ1) is 14.2. The van der Waals surface area contributed by atoms with Gasteiger partial charge in [-0.2, -0.15) is 0 Å². The molecular formula is C22H42N4O4. The molecule has 0 radical (unpaired) electrons. The molecule has 1 aliphatic carbocycles. The van der Waals surface area contributed by atoms with Crippen LogP contribution in [0.15, 0.2) is 0 Å². The zero-order valence-corrected chi connectivity index (χ0v) is 18.9. The molecule has 0 aromatic rings. The van der Waals surface area contributed by atoms with E-state index < -0.39 is 24.1 Å². The van der Waals surface area contributed by atoms with E-state index in [2.05, 4.69) is 29.8 Å². The highest BCUT2D eigenvalue weighted by Crippen LogP contribution is 2.27. The second kappa shape index (κ2) is 14.2. The number of urea groups is 1. The number of nitrogens with one attached hydrogen (secondary N) is 3. The first-order valence-electron chi connectivity index (χ1n) is 11.5. The summed E-state index contributed by atoms with van der Waals surface area (Å²) in [6, 6.07) is -2.25. The molecule has 174 valence electrons. The monoisotopic (exact) mass is 426 g/mol. The molecule has 1 aliphatic rings. The summed E-state index contributed by atoms with van der Waals surface area (Å²) in [7, 11) is 0. The molecule has 1 fully saturated rings. The van der Waals surface area contributed by atoms with Gasteiger partial charge in [-0.05, 0) is 57.4 Å². The molecule has 6 N–H and O–H groups in total. The van der Waals surface area contributed by atoms with Crippen molar-refractivity contribution in [1.82, 2.24) is 16.0 Å². The first kappa shape index (κ1) is 26.2. The van der Waals surface area contributed by atoms with Crippen LogP contribution in [0.4, 0.5) is 4.79 Å². The molecule has 0 heterocycles. The van der Waals surface area contributed by atoms with Crippen LogP contribution < -0.4 is 21.7 Å². The minimum absolute atomic E-state index is 0.0132. The fourth-order valence-corrected chi connectivity index (χ4v) is 4.21. The minimum atomic E-state index is -1.08. The highest BCUT2D eigenvalue weighted by atomic mass is 16.4. The Morgan fingerprint density at radius 2 is 1.60 bits per heavy atom. The van der Waals surface area contributed by atoms with E-state index in [0.717, 1.165) is 32.1 Å². The number of unbranched alkanes of at least 4 members (excludes halogenated alkanes) is 1. The molecule has 3 atom stereocenters. The number of aliphatic carboxylic acids is 1. The topological polar surface area (TPSA) is 134 Å². The summed E-state index contributed by atoms with van der Waals surface area (Å²) in [6.07, 6.45) is 8.71. The van der Waals surface area contributed by atoms with Gasteiger partial charge >= 0.3 is 12.0 Å². The third-order valence-electron chi connectivity index (χ3n) is 5.68. The van der Waals surface area contributed by atoms with Crippen LogP contribution in [0.5, 0.6) is 0 Å². The van der Waals surface area contributed by atoms with Gasteiger partial charge in [0.2, 0.25) is 5.91 Å². The fourth-order valence-electron chi connectivity index (χ4n) is 4.21. The van der Waals surface area contributed by atoms with E-state index in [9.17, 15) is 19.5 Å². The van der Waals surface area contributed by atoms with Gasteiger partial charge in [0.05, 0.1) is 0 Å². The molecule has 0 spiro atoms. The predicted octanol–water partition coefficient (Wildman–Crippen LogP) is 2.76. The Bertz CT molecular complexity index is 535. The Balaban J connectivity index is 2.72. The molecular weight excluding hydrogens is 384 g/mol. The lowest BCUT2D eigenvalue weighted by atomic mass is 9.84. The number of carbonyl (C=O) groups excluding carboxylic acids is 2. The Labute approximate surface area is 181 Å². The zero-order chi connectivity index (χ0) is 22.5. The normalized spacial score (nSPS) is 17.8. The van der Waals surface area contributed by atoms with E-state index in [1.807, 2.05) is 6.92 Å². The van der Waals surface area contributed by atoms with Crippen molar-refractivity contribution in [2.24, 2.45) is 17.6 Å². The molecule has 0 aromatic heterocycles. The van der Waals surface area contributed by atoms with Crippen molar-refractivity contribution in [2.45, 2.75) is 103 Å². The summed E-state index contributed by atoms with van der Waals surface area (Å²) in [5, 5.41) is 17.6. The van der Waals surface area contributed by atoms with Gasteiger partial charge in [-0.1, -0.05) is 46.0 Å². The predicted molar refractivity (Wildman–Crippen MR) is 118 cm³/mol. The number of nitrogens with two attached hydrogens (primary N) is 1. The number of amides is 3. The quantitative estimate of drug-likeness (QED) is 0.289. The van der Waals surface area contributed by atoms with Crippen LogP contribution in [0.1, 0.15) is 85.0 Å². The first-order valence-corrected chi connectivity index (χ1v) is 11.5. The van der Waals surface area contributed by atoms with Gasteiger partial charge in [-0.3, -0.25) is 4.79 Å². The van der Waals surface area contributed by atoms with Crippen LogP contribution in [-0.4, -0.2) is 47.7 Å². The fraction of sp³-hybridized carbons (Fsp3) is 0.864. The summed E-state index contributed by atoms with van der Waals surface area (Å²) in [6.45, 7) is 6.65. The largest absolute Gasteiger partial charge is 0.480 e. The molecule has 0 bridgehead atoms. The van der Waals surface area contributed by atoms with Crippen LogP contribution in [-0.2, 0) is 9.59 Å². The number of hydrogen-bond acceptors (Lipinski definition) is 4. The summed E-state index contributed by atoms with van der Waals surface area (Å²) >= 11 is 0. The molecule has 1 unspecified atom stereocenters. The second-order valence-electron chi connectivity index (χ2n) is 9.12. The van der Waals surface area contributed by atoms with E-state index in [1.54, 1.807) is 0 Å². The summed E-state index contributed by atoms with van der Waals surface area (Å²) in [5.74, 6) is -0.423. The summed E-state index contributed by atoms with van der Waals surface area (Å²) in [5.41, 5.74) is 5.46. The number of hydrogen-bond donors (Lipinski definition) is 5. The lowest BCUT2D eigenvalue weighted by Crippen LogP contribution is -2.55. The van der Waals surface area contributed by atoms with E-state index >= 15 is 0 Å². The minimum Gasteiger partial charge on any atom is -0.480 e. The Morgan fingerprint density at radius 3 is 2.17 bits per heavy atom. The summed E-state index contributed by atoms with van der Waals surface area (Å²) < 4.78 is 0. The van der Waals surface area contributed by atoms with Crippen molar-refractivity contribution < 1.29 is 19.5 Å². The number of carboxylic acid groups (broad SMARTS) is 1. The van der Waals surface area contributed by atoms with E-state index in [-0.39, 0.29) is 11.9 Å². The molecule has 0 aromatic carbocycles. The number of rotatable bonds is 13. The third-order valence-corrected chi connectivity index (χ3v) is 5.68.